The van der Waals surface area contributed by atoms with E-state index in [1.807, 2.05) is 0 Å². The van der Waals surface area contributed by atoms with Gasteiger partial charge in [0, 0.05) is 12.8 Å². The number of hydrogen-bond acceptors (Lipinski definition) is 6. The Kier molecular flexibility index (Phi) is 5.96. The maximum absolute atomic E-state index is 13.7. The number of ether oxygens (including phenoxy) is 2. The molecule has 4 aliphatic carbocycles. The summed E-state index contributed by atoms with van der Waals surface area (Å²) >= 11 is 0. The van der Waals surface area contributed by atoms with E-state index in [0.717, 1.165) is 6.42 Å². The van der Waals surface area contributed by atoms with Crippen molar-refractivity contribution in [2.24, 2.45) is 22.7 Å². The molecule has 0 saturated heterocycles. The van der Waals surface area contributed by atoms with Gasteiger partial charge in [0.2, 0.25) is 0 Å². The second kappa shape index (κ2) is 7.60. The van der Waals surface area contributed by atoms with Crippen molar-refractivity contribution in [3.8, 4) is 0 Å². The third kappa shape index (κ3) is 4.58. The molecule has 0 amide bonds. The average molecular weight is 471 g/mol. The number of rotatable bonds is 7. The molecule has 0 heterocycles. The Morgan fingerprint density at radius 2 is 1.68 bits per heavy atom. The summed E-state index contributed by atoms with van der Waals surface area (Å²) in [6.45, 7) is 4.48. The molecule has 4 aliphatic rings. The Labute approximate surface area is 179 Å². The molecule has 4 saturated carbocycles. The first-order chi connectivity index (χ1) is 14.0. The SMILES string of the molecule is CC(C)(C)C(=O)OC12CC3CC(C1)CC(C(=O)OCCC(F)C(F)(F)S(=O)(=O)O)(C3)C2. The van der Waals surface area contributed by atoms with Gasteiger partial charge in [-0.1, -0.05) is 0 Å². The van der Waals surface area contributed by atoms with Gasteiger partial charge in [0.05, 0.1) is 17.4 Å². The van der Waals surface area contributed by atoms with Gasteiger partial charge >= 0.3 is 27.3 Å². The van der Waals surface area contributed by atoms with Crippen LogP contribution in [0, 0.1) is 22.7 Å². The summed E-state index contributed by atoms with van der Waals surface area (Å²) in [5, 5.41) is -4.98. The minimum absolute atomic E-state index is 0.166. The highest BCUT2D eigenvalue weighted by Crippen LogP contribution is 2.63. The van der Waals surface area contributed by atoms with Crippen molar-refractivity contribution in [3.05, 3.63) is 0 Å². The van der Waals surface area contributed by atoms with E-state index in [4.69, 9.17) is 14.0 Å². The van der Waals surface area contributed by atoms with Gasteiger partial charge in [-0.15, -0.1) is 0 Å². The van der Waals surface area contributed by atoms with Crippen LogP contribution in [0.5, 0.6) is 0 Å². The van der Waals surface area contributed by atoms with E-state index in [0.29, 0.717) is 25.7 Å². The van der Waals surface area contributed by atoms with Crippen LogP contribution in [0.4, 0.5) is 13.2 Å². The molecule has 4 bridgehead atoms. The van der Waals surface area contributed by atoms with Crippen LogP contribution in [0.2, 0.25) is 0 Å². The van der Waals surface area contributed by atoms with Gasteiger partial charge in [-0.3, -0.25) is 14.1 Å². The number of carbonyl (C=O) groups is 2. The predicted molar refractivity (Wildman–Crippen MR) is 102 cm³/mol. The van der Waals surface area contributed by atoms with E-state index in [1.54, 1.807) is 20.8 Å². The fourth-order valence-corrected chi connectivity index (χ4v) is 6.07. The van der Waals surface area contributed by atoms with Crippen molar-refractivity contribution in [3.63, 3.8) is 0 Å². The Morgan fingerprint density at radius 3 is 2.16 bits per heavy atom. The lowest BCUT2D eigenvalue weighted by molar-refractivity contribution is -0.217. The molecule has 0 spiro atoms. The monoisotopic (exact) mass is 470 g/mol. The molecule has 0 aliphatic heterocycles. The number of alkyl halides is 3. The zero-order valence-corrected chi connectivity index (χ0v) is 18.6. The van der Waals surface area contributed by atoms with Gasteiger partial charge in [-0.25, -0.2) is 4.39 Å². The quantitative estimate of drug-likeness (QED) is 0.447. The first kappa shape index (κ1) is 24.3. The van der Waals surface area contributed by atoms with E-state index in [1.165, 1.54) is 0 Å². The Morgan fingerprint density at radius 1 is 1.13 bits per heavy atom. The van der Waals surface area contributed by atoms with Crippen molar-refractivity contribution < 1.29 is 45.2 Å². The van der Waals surface area contributed by atoms with Crippen LogP contribution >= 0.6 is 0 Å². The van der Waals surface area contributed by atoms with Gasteiger partial charge in [0.1, 0.15) is 5.60 Å². The fraction of sp³-hybridized carbons (Fsp3) is 0.900. The summed E-state index contributed by atoms with van der Waals surface area (Å²) in [6.07, 6.45) is -0.738. The first-order valence-corrected chi connectivity index (χ1v) is 11.8. The molecule has 4 fully saturated rings. The first-order valence-electron chi connectivity index (χ1n) is 10.4. The van der Waals surface area contributed by atoms with Gasteiger partial charge in [0.25, 0.3) is 0 Å². The van der Waals surface area contributed by atoms with Crippen molar-refractivity contribution in [2.75, 3.05) is 6.61 Å². The summed E-state index contributed by atoms with van der Waals surface area (Å²) in [5.41, 5.74) is -2.40. The molecule has 11 heteroatoms. The largest absolute Gasteiger partial charge is 0.465 e. The van der Waals surface area contributed by atoms with Crippen molar-refractivity contribution in [2.45, 2.75) is 82.7 Å². The molecule has 0 aromatic carbocycles. The maximum atomic E-state index is 13.7. The molecular formula is C20H29F3O7S. The fourth-order valence-electron chi connectivity index (χ4n) is 5.62. The minimum atomic E-state index is -5.92. The van der Waals surface area contributed by atoms with Crippen LogP contribution in [-0.4, -0.2) is 48.5 Å². The van der Waals surface area contributed by atoms with Crippen molar-refractivity contribution >= 4 is 22.1 Å². The van der Waals surface area contributed by atoms with Gasteiger partial charge in [-0.05, 0) is 64.7 Å². The van der Waals surface area contributed by atoms with Gasteiger partial charge < -0.3 is 9.47 Å². The molecule has 3 unspecified atom stereocenters. The lowest BCUT2D eigenvalue weighted by atomic mass is 9.48. The molecule has 0 aromatic heterocycles. The van der Waals surface area contributed by atoms with Crippen LogP contribution in [-0.2, 0) is 29.2 Å². The van der Waals surface area contributed by atoms with Crippen LogP contribution in [0.15, 0.2) is 0 Å². The minimum Gasteiger partial charge on any atom is -0.465 e. The zero-order chi connectivity index (χ0) is 23.5. The normalized spacial score (nSPS) is 33.8. The number of esters is 2. The van der Waals surface area contributed by atoms with Crippen LogP contribution in [0.1, 0.15) is 65.7 Å². The summed E-state index contributed by atoms with van der Waals surface area (Å²) in [6, 6.07) is 0. The van der Waals surface area contributed by atoms with Crippen LogP contribution < -0.4 is 0 Å². The predicted octanol–water partition coefficient (Wildman–Crippen LogP) is 3.67. The maximum Gasteiger partial charge on any atom is 0.400 e. The number of hydrogen-bond donors (Lipinski definition) is 1. The summed E-state index contributed by atoms with van der Waals surface area (Å²) in [5.74, 6) is -0.690. The van der Waals surface area contributed by atoms with Crippen molar-refractivity contribution in [1.29, 1.82) is 0 Å². The summed E-state index contributed by atoms with van der Waals surface area (Å²) in [4.78, 5) is 25.4. The van der Waals surface area contributed by atoms with E-state index in [2.05, 4.69) is 0 Å². The van der Waals surface area contributed by atoms with E-state index in [9.17, 15) is 31.2 Å². The third-order valence-electron chi connectivity index (χ3n) is 6.68. The molecular weight excluding hydrogens is 441 g/mol. The highest BCUT2D eigenvalue weighted by molar-refractivity contribution is 7.86. The highest BCUT2D eigenvalue weighted by atomic mass is 32.2. The zero-order valence-electron chi connectivity index (χ0n) is 17.8. The highest BCUT2D eigenvalue weighted by Gasteiger charge is 2.63. The Balaban J connectivity index is 1.67. The topological polar surface area (TPSA) is 107 Å². The molecule has 7 nitrogen and oxygen atoms in total. The van der Waals surface area contributed by atoms with Crippen molar-refractivity contribution in [1.82, 2.24) is 0 Å². The van der Waals surface area contributed by atoms with Gasteiger partial charge in [-0.2, -0.15) is 17.2 Å². The number of carbonyl (C=O) groups excluding carboxylic acids is 2. The molecule has 4 rings (SSSR count). The summed E-state index contributed by atoms with van der Waals surface area (Å²) < 4.78 is 81.1. The molecule has 1 N–H and O–H groups in total. The average Bonchev–Trinajstić information content (AvgIpc) is 2.58. The standard InChI is InChI=1S/C20H29F3O7S/c1-17(2,3)15(24)30-19-9-12-6-13(10-19)8-18(7-12,11-19)16(25)29-5-4-14(21)20(22,23)31(26,27)28/h12-14H,4-11H2,1-3H3,(H,26,27,28). The number of halogens is 3. The summed E-state index contributed by atoms with van der Waals surface area (Å²) in [7, 11) is -5.92. The van der Waals surface area contributed by atoms with Crippen LogP contribution in [0.25, 0.3) is 0 Å². The van der Waals surface area contributed by atoms with Gasteiger partial charge in [0.15, 0.2) is 6.17 Å². The molecule has 178 valence electrons. The molecule has 0 radical (unpaired) electrons. The Hall–Kier alpha value is -1.36. The lowest BCUT2D eigenvalue weighted by Gasteiger charge is -2.60. The molecule has 0 aromatic rings. The third-order valence-corrected chi connectivity index (χ3v) is 7.62. The second-order valence-electron chi connectivity index (χ2n) is 10.5. The van der Waals surface area contributed by atoms with E-state index >= 15 is 0 Å². The Bertz CT molecular complexity index is 835. The van der Waals surface area contributed by atoms with E-state index < -0.39 is 57.0 Å². The molecule has 31 heavy (non-hydrogen) atoms. The smallest absolute Gasteiger partial charge is 0.400 e. The van der Waals surface area contributed by atoms with E-state index in [-0.39, 0.29) is 24.2 Å². The lowest BCUT2D eigenvalue weighted by Crippen LogP contribution is -2.60. The second-order valence-corrected chi connectivity index (χ2v) is 12.0. The molecule has 3 atom stereocenters. The van der Waals surface area contributed by atoms with Crippen LogP contribution in [0.3, 0.4) is 0 Å².